The Labute approximate surface area is 84.5 Å². The van der Waals surface area contributed by atoms with E-state index in [0.717, 1.165) is 0 Å². The van der Waals surface area contributed by atoms with Gasteiger partial charge in [0.1, 0.15) is 5.82 Å². The van der Waals surface area contributed by atoms with E-state index in [-0.39, 0.29) is 12.4 Å². The standard InChI is InChI=1S/C9H8BrFNO/c1-12(6-13)5-7-2-3-8(10)4-9(7)11/h2-4H,5H2,1H3. The van der Waals surface area contributed by atoms with Crippen LogP contribution in [0, 0.1) is 5.82 Å². The van der Waals surface area contributed by atoms with Crippen LogP contribution in [0.3, 0.4) is 0 Å². The predicted octanol–water partition coefficient (Wildman–Crippen LogP) is 2.09. The fourth-order valence-electron chi connectivity index (χ4n) is 0.938. The molecule has 0 aliphatic heterocycles. The minimum absolute atomic E-state index is 0.239. The van der Waals surface area contributed by atoms with E-state index in [2.05, 4.69) is 15.9 Å². The summed E-state index contributed by atoms with van der Waals surface area (Å²) in [6.07, 6.45) is 1.66. The molecule has 0 fully saturated rings. The molecule has 0 aliphatic rings. The third-order valence-electron chi connectivity index (χ3n) is 1.58. The van der Waals surface area contributed by atoms with Crippen LogP contribution in [0.2, 0.25) is 0 Å². The summed E-state index contributed by atoms with van der Waals surface area (Å²) < 4.78 is 13.8. The summed E-state index contributed by atoms with van der Waals surface area (Å²) in [4.78, 5) is 11.4. The molecular weight excluding hydrogens is 237 g/mol. The van der Waals surface area contributed by atoms with E-state index in [1.165, 1.54) is 11.0 Å². The summed E-state index contributed by atoms with van der Waals surface area (Å²) in [6, 6.07) is 4.73. The molecule has 4 heteroatoms. The van der Waals surface area contributed by atoms with Gasteiger partial charge in [0, 0.05) is 23.6 Å². The van der Waals surface area contributed by atoms with Crippen LogP contribution < -0.4 is 0 Å². The van der Waals surface area contributed by atoms with E-state index in [9.17, 15) is 9.18 Å². The first kappa shape index (κ1) is 10.2. The molecule has 1 amide bonds. The Kier molecular flexibility index (Phi) is 3.42. The summed E-state index contributed by atoms with van der Waals surface area (Å²) in [6.45, 7) is 0.239. The first-order valence-electron chi connectivity index (χ1n) is 3.66. The summed E-state index contributed by atoms with van der Waals surface area (Å²) in [5.74, 6) is -0.323. The zero-order valence-corrected chi connectivity index (χ0v) is 8.64. The summed E-state index contributed by atoms with van der Waals surface area (Å²) in [5.41, 5.74) is 0.481. The number of rotatable bonds is 3. The lowest BCUT2D eigenvalue weighted by atomic mass is 10.2. The van der Waals surface area contributed by atoms with Gasteiger partial charge >= 0.3 is 6.41 Å². The molecule has 0 aromatic heterocycles. The minimum atomic E-state index is -0.323. The number of amides is 1. The first-order valence-corrected chi connectivity index (χ1v) is 4.45. The number of nitrogens with zero attached hydrogens (tertiary/aromatic N) is 1. The van der Waals surface area contributed by atoms with Gasteiger partial charge < -0.3 is 4.90 Å². The molecular formula is C9H8BrFNO. The normalized spacial score (nSPS) is 9.77. The first-order chi connectivity index (χ1) is 6.13. The van der Waals surface area contributed by atoms with Crippen LogP contribution >= 0.6 is 15.9 Å². The number of halogens is 2. The fourth-order valence-corrected chi connectivity index (χ4v) is 1.27. The highest BCUT2D eigenvalue weighted by atomic mass is 79.9. The Morgan fingerprint density at radius 1 is 1.62 bits per heavy atom. The molecule has 0 bridgehead atoms. The van der Waals surface area contributed by atoms with Gasteiger partial charge in [0.2, 0.25) is 0 Å². The molecule has 0 aliphatic carbocycles. The second-order valence-corrected chi connectivity index (χ2v) is 3.60. The summed E-state index contributed by atoms with van der Waals surface area (Å²) in [7, 11) is 1.55. The molecule has 69 valence electrons. The van der Waals surface area contributed by atoms with Gasteiger partial charge in [0.25, 0.3) is 0 Å². The summed E-state index contributed by atoms with van der Waals surface area (Å²) >= 11 is 3.15. The van der Waals surface area contributed by atoms with Crippen LogP contribution in [-0.2, 0) is 11.3 Å². The summed E-state index contributed by atoms with van der Waals surface area (Å²) in [5, 5.41) is 0. The van der Waals surface area contributed by atoms with Gasteiger partial charge in [-0.15, -0.1) is 0 Å². The van der Waals surface area contributed by atoms with Crippen LogP contribution in [0.25, 0.3) is 0 Å². The van der Waals surface area contributed by atoms with Crippen molar-refractivity contribution in [3.05, 3.63) is 34.1 Å². The molecule has 1 rings (SSSR count). The lowest BCUT2D eigenvalue weighted by Gasteiger charge is -2.09. The third-order valence-corrected chi connectivity index (χ3v) is 2.07. The van der Waals surface area contributed by atoms with Gasteiger partial charge in [0.15, 0.2) is 0 Å². The molecule has 0 heterocycles. The third kappa shape index (κ3) is 2.81. The van der Waals surface area contributed by atoms with E-state index in [0.29, 0.717) is 10.0 Å². The monoisotopic (exact) mass is 244 g/mol. The molecule has 0 N–H and O–H groups in total. The van der Waals surface area contributed by atoms with Crippen molar-refractivity contribution in [2.75, 3.05) is 7.05 Å². The number of hydrogen-bond donors (Lipinski definition) is 0. The predicted molar refractivity (Wildman–Crippen MR) is 51.3 cm³/mol. The van der Waals surface area contributed by atoms with Gasteiger partial charge in [-0.3, -0.25) is 4.79 Å². The maximum atomic E-state index is 13.2. The maximum absolute atomic E-state index is 13.2. The lowest BCUT2D eigenvalue weighted by molar-refractivity contribution is 0.422. The topological polar surface area (TPSA) is 20.3 Å². The van der Waals surface area contributed by atoms with Crippen LogP contribution in [0.5, 0.6) is 0 Å². The van der Waals surface area contributed by atoms with Crippen molar-refractivity contribution in [1.82, 2.24) is 4.90 Å². The van der Waals surface area contributed by atoms with Crippen molar-refractivity contribution in [3.8, 4) is 0 Å². The molecule has 0 atom stereocenters. The van der Waals surface area contributed by atoms with Crippen LogP contribution in [0.4, 0.5) is 4.39 Å². The highest BCUT2D eigenvalue weighted by molar-refractivity contribution is 9.10. The van der Waals surface area contributed by atoms with E-state index in [1.54, 1.807) is 25.6 Å². The molecule has 0 saturated heterocycles. The highest BCUT2D eigenvalue weighted by Gasteiger charge is 2.04. The van der Waals surface area contributed by atoms with Crippen molar-refractivity contribution in [2.45, 2.75) is 6.54 Å². The average Bonchev–Trinajstić information content (AvgIpc) is 2.09. The second-order valence-electron chi connectivity index (χ2n) is 2.68. The van der Waals surface area contributed by atoms with Gasteiger partial charge in [-0.2, -0.15) is 0 Å². The van der Waals surface area contributed by atoms with Crippen molar-refractivity contribution >= 4 is 22.3 Å². The van der Waals surface area contributed by atoms with Crippen molar-refractivity contribution in [3.63, 3.8) is 0 Å². The maximum Gasteiger partial charge on any atom is 0.312 e. The van der Waals surface area contributed by atoms with Crippen molar-refractivity contribution in [2.24, 2.45) is 0 Å². The molecule has 13 heavy (non-hydrogen) atoms. The van der Waals surface area contributed by atoms with Crippen LogP contribution in [0.15, 0.2) is 22.7 Å². The Morgan fingerprint density at radius 3 is 2.85 bits per heavy atom. The molecule has 0 spiro atoms. The Bertz CT molecular complexity index is 316. The zero-order chi connectivity index (χ0) is 9.84. The highest BCUT2D eigenvalue weighted by Crippen LogP contribution is 2.15. The molecule has 2 nitrogen and oxygen atoms in total. The molecule has 0 unspecified atom stereocenters. The Hall–Kier alpha value is -0.900. The number of benzene rings is 1. The fraction of sp³-hybridized carbons (Fsp3) is 0.222. The van der Waals surface area contributed by atoms with Gasteiger partial charge in [0.05, 0.1) is 0 Å². The lowest BCUT2D eigenvalue weighted by Crippen LogP contribution is -2.15. The van der Waals surface area contributed by atoms with Gasteiger partial charge in [-0.1, -0.05) is 22.0 Å². The van der Waals surface area contributed by atoms with Crippen LogP contribution in [0.1, 0.15) is 5.56 Å². The van der Waals surface area contributed by atoms with E-state index < -0.39 is 0 Å². The van der Waals surface area contributed by atoms with Crippen molar-refractivity contribution < 1.29 is 9.18 Å². The Morgan fingerprint density at radius 2 is 2.31 bits per heavy atom. The quantitative estimate of drug-likeness (QED) is 0.746. The Balaban J connectivity index is 2.83. The zero-order valence-electron chi connectivity index (χ0n) is 7.05. The van der Waals surface area contributed by atoms with E-state index >= 15 is 0 Å². The van der Waals surface area contributed by atoms with Crippen LogP contribution in [-0.4, -0.2) is 18.4 Å². The molecule has 1 radical (unpaired) electrons. The number of hydrogen-bond acceptors (Lipinski definition) is 1. The van der Waals surface area contributed by atoms with E-state index in [4.69, 9.17) is 0 Å². The van der Waals surface area contributed by atoms with Gasteiger partial charge in [-0.25, -0.2) is 4.39 Å². The largest absolute Gasteiger partial charge is 0.333 e. The van der Waals surface area contributed by atoms with E-state index in [1.807, 2.05) is 0 Å². The minimum Gasteiger partial charge on any atom is -0.333 e. The molecule has 1 aromatic rings. The second kappa shape index (κ2) is 4.37. The molecule has 0 saturated carbocycles. The SMILES string of the molecule is CN([C]=O)Cc1ccc(Br)cc1F. The average molecular weight is 245 g/mol. The molecule has 1 aromatic carbocycles. The van der Waals surface area contributed by atoms with Gasteiger partial charge in [-0.05, 0) is 12.1 Å². The number of carbonyl (C=O) groups excluding carboxylic acids is 1. The van der Waals surface area contributed by atoms with Crippen molar-refractivity contribution in [1.29, 1.82) is 0 Å². The smallest absolute Gasteiger partial charge is 0.312 e.